The predicted molar refractivity (Wildman–Crippen MR) is 142 cm³/mol. The molecule has 2 heterocycles. The van der Waals surface area contributed by atoms with Gasteiger partial charge in [-0.15, -0.1) is 0 Å². The molecule has 0 radical (unpaired) electrons. The second-order valence-corrected chi connectivity index (χ2v) is 10.6. The van der Waals surface area contributed by atoms with Crippen LogP contribution in [-0.2, 0) is 19.1 Å². The first-order valence-corrected chi connectivity index (χ1v) is 13.0. The zero-order valence-electron chi connectivity index (χ0n) is 22.7. The molecule has 230 valence electrons. The number of ether oxygens (including phenoxy) is 2. The standard InChI is InChI=1S/C23H28FN5O5S.C2HF3O2/c1-23(2,21(32)33-3)12-28-19(30)13-6-8-29(9-7-13)22-27-11-17(35-22)20(31)34-16-5-4-14(18(25)26)10-15(16)24;3-2(4,5)1(6)7/h4-5,10-11,13H,6-9,12H2,1-3H3,(H3,25,26)(H,28,30);(H,6,7). The first-order chi connectivity index (χ1) is 19.5. The number of aliphatic carboxylic acids is 1. The fraction of sp³-hybridized carbons (Fsp3) is 0.440. The van der Waals surface area contributed by atoms with Gasteiger partial charge >= 0.3 is 24.1 Å². The van der Waals surface area contributed by atoms with Crippen LogP contribution in [0, 0.1) is 22.6 Å². The second kappa shape index (κ2) is 14.1. The number of benzene rings is 1. The first-order valence-electron chi connectivity index (χ1n) is 12.2. The van der Waals surface area contributed by atoms with Gasteiger partial charge in [-0.05, 0) is 44.9 Å². The van der Waals surface area contributed by atoms with Crippen LogP contribution in [0.25, 0.3) is 0 Å². The van der Waals surface area contributed by atoms with E-state index in [1.54, 1.807) is 13.8 Å². The molecule has 0 aliphatic carbocycles. The number of nitrogens with zero attached hydrogens (tertiary/aromatic N) is 2. The Kier molecular flexibility index (Phi) is 11.4. The number of aromatic nitrogens is 1. The predicted octanol–water partition coefficient (Wildman–Crippen LogP) is 2.95. The topological polar surface area (TPSA) is 185 Å². The Hall–Kier alpha value is -4.28. The molecular weight excluding hydrogens is 590 g/mol. The molecule has 1 fully saturated rings. The highest BCUT2D eigenvalue weighted by Crippen LogP contribution is 2.29. The summed E-state index contributed by atoms with van der Waals surface area (Å²) in [5, 5.41) is 17.9. The van der Waals surface area contributed by atoms with E-state index in [9.17, 15) is 31.9 Å². The number of thiazole rings is 1. The Labute approximate surface area is 241 Å². The molecule has 5 N–H and O–H groups in total. The molecular formula is C25H29F4N5O7S. The number of carbonyl (C=O) groups excluding carboxylic acids is 3. The number of esters is 2. The number of halogens is 4. The van der Waals surface area contributed by atoms with Crippen LogP contribution >= 0.6 is 11.3 Å². The highest BCUT2D eigenvalue weighted by atomic mass is 32.1. The zero-order valence-corrected chi connectivity index (χ0v) is 23.5. The quantitative estimate of drug-likeness (QED) is 0.113. The van der Waals surface area contributed by atoms with Crippen molar-refractivity contribution >= 4 is 46.1 Å². The van der Waals surface area contributed by atoms with Gasteiger partial charge < -0.3 is 30.5 Å². The monoisotopic (exact) mass is 619 g/mol. The van der Waals surface area contributed by atoms with Crippen molar-refractivity contribution in [2.24, 2.45) is 17.1 Å². The van der Waals surface area contributed by atoms with E-state index in [1.165, 1.54) is 25.4 Å². The van der Waals surface area contributed by atoms with E-state index in [-0.39, 0.29) is 46.4 Å². The lowest BCUT2D eigenvalue weighted by Crippen LogP contribution is -2.45. The number of alkyl halides is 3. The first kappa shape index (κ1) is 33.9. The number of amidine groups is 1. The third-order valence-corrected chi connectivity index (χ3v) is 7.00. The van der Waals surface area contributed by atoms with Crippen LogP contribution in [-0.4, -0.2) is 72.7 Å². The number of carboxylic acids is 1. The summed E-state index contributed by atoms with van der Waals surface area (Å²) < 4.78 is 55.8. The molecule has 0 atom stereocenters. The number of nitrogens with two attached hydrogens (primary N) is 1. The molecule has 1 aliphatic heterocycles. The minimum atomic E-state index is -5.08. The molecule has 3 rings (SSSR count). The molecule has 17 heteroatoms. The van der Waals surface area contributed by atoms with Gasteiger partial charge in [0.1, 0.15) is 10.7 Å². The maximum Gasteiger partial charge on any atom is 0.490 e. The van der Waals surface area contributed by atoms with Crippen LogP contribution in [0.15, 0.2) is 24.4 Å². The number of hydrogen-bond acceptors (Lipinski definition) is 10. The Balaban J connectivity index is 0.000000782. The molecule has 0 unspecified atom stereocenters. The van der Waals surface area contributed by atoms with Crippen molar-refractivity contribution in [2.45, 2.75) is 32.9 Å². The lowest BCUT2D eigenvalue weighted by molar-refractivity contribution is -0.192. The van der Waals surface area contributed by atoms with Crippen molar-refractivity contribution < 1.29 is 51.3 Å². The van der Waals surface area contributed by atoms with E-state index in [0.717, 1.165) is 17.4 Å². The number of amides is 1. The van der Waals surface area contributed by atoms with Crippen LogP contribution < -0.4 is 20.7 Å². The molecule has 1 aromatic carbocycles. The molecule has 1 aliphatic rings. The average Bonchev–Trinajstić information content (AvgIpc) is 3.43. The molecule has 0 bridgehead atoms. The molecule has 1 aromatic heterocycles. The fourth-order valence-electron chi connectivity index (χ4n) is 3.54. The fourth-order valence-corrected chi connectivity index (χ4v) is 4.38. The third kappa shape index (κ3) is 9.39. The largest absolute Gasteiger partial charge is 0.490 e. The van der Waals surface area contributed by atoms with Crippen molar-refractivity contribution in [3.05, 3.63) is 40.7 Å². The van der Waals surface area contributed by atoms with E-state index in [1.807, 2.05) is 4.90 Å². The molecule has 12 nitrogen and oxygen atoms in total. The van der Waals surface area contributed by atoms with E-state index in [4.69, 9.17) is 30.5 Å². The van der Waals surface area contributed by atoms with Gasteiger partial charge in [0.25, 0.3) is 0 Å². The van der Waals surface area contributed by atoms with Crippen molar-refractivity contribution in [1.82, 2.24) is 10.3 Å². The summed E-state index contributed by atoms with van der Waals surface area (Å²) in [5.74, 6) is -5.55. The van der Waals surface area contributed by atoms with Gasteiger partial charge in [-0.25, -0.2) is 19.0 Å². The second-order valence-electron chi connectivity index (χ2n) is 9.61. The highest BCUT2D eigenvalue weighted by molar-refractivity contribution is 7.17. The summed E-state index contributed by atoms with van der Waals surface area (Å²) in [4.78, 5) is 52.1. The van der Waals surface area contributed by atoms with Crippen LogP contribution in [0.1, 0.15) is 41.9 Å². The number of carbonyl (C=O) groups is 4. The van der Waals surface area contributed by atoms with Crippen molar-refractivity contribution in [1.29, 1.82) is 5.41 Å². The number of nitrogens with one attached hydrogen (secondary N) is 2. The Bertz CT molecular complexity index is 1320. The maximum atomic E-state index is 14.2. The van der Waals surface area contributed by atoms with Gasteiger partial charge in [0.05, 0.1) is 18.7 Å². The molecule has 0 saturated carbocycles. The summed E-state index contributed by atoms with van der Waals surface area (Å²) in [6.07, 6.45) is -2.52. The van der Waals surface area contributed by atoms with Crippen LogP contribution in [0.3, 0.4) is 0 Å². The van der Waals surface area contributed by atoms with Crippen molar-refractivity contribution in [3.8, 4) is 5.75 Å². The van der Waals surface area contributed by atoms with E-state index in [0.29, 0.717) is 31.1 Å². The number of anilines is 1. The minimum absolute atomic E-state index is 0.108. The molecule has 1 saturated heterocycles. The van der Waals surface area contributed by atoms with Crippen LogP contribution in [0.5, 0.6) is 5.75 Å². The maximum absolute atomic E-state index is 14.2. The SMILES string of the molecule is COC(=O)C(C)(C)CNC(=O)C1CCN(c2ncc(C(=O)Oc3ccc(C(=N)N)cc3F)s2)CC1.O=C(O)C(F)(F)F. The normalized spacial score (nSPS) is 13.8. The Morgan fingerprint density at radius 3 is 2.31 bits per heavy atom. The lowest BCUT2D eigenvalue weighted by atomic mass is 9.92. The number of methoxy groups -OCH3 is 1. The van der Waals surface area contributed by atoms with E-state index >= 15 is 0 Å². The average molecular weight is 620 g/mol. The van der Waals surface area contributed by atoms with Gasteiger partial charge in [-0.3, -0.25) is 15.0 Å². The summed E-state index contributed by atoms with van der Waals surface area (Å²) >= 11 is 1.12. The van der Waals surface area contributed by atoms with Gasteiger partial charge in [-0.1, -0.05) is 11.3 Å². The summed E-state index contributed by atoms with van der Waals surface area (Å²) in [6, 6.07) is 3.66. The smallest absolute Gasteiger partial charge is 0.475 e. The van der Waals surface area contributed by atoms with Gasteiger partial charge in [0.2, 0.25) is 5.91 Å². The van der Waals surface area contributed by atoms with Crippen molar-refractivity contribution in [3.63, 3.8) is 0 Å². The number of rotatable bonds is 8. The molecule has 42 heavy (non-hydrogen) atoms. The third-order valence-electron chi connectivity index (χ3n) is 5.96. The van der Waals surface area contributed by atoms with E-state index < -0.39 is 29.3 Å². The van der Waals surface area contributed by atoms with Crippen LogP contribution in [0.2, 0.25) is 0 Å². The zero-order chi connectivity index (χ0) is 31.8. The van der Waals surface area contributed by atoms with Gasteiger partial charge in [0.15, 0.2) is 16.7 Å². The number of nitrogen functional groups attached to an aromatic ring is 1. The highest BCUT2D eigenvalue weighted by Gasteiger charge is 2.38. The molecule has 0 spiro atoms. The minimum Gasteiger partial charge on any atom is -0.475 e. The summed E-state index contributed by atoms with van der Waals surface area (Å²) in [7, 11) is 1.32. The molecule has 2 aromatic rings. The lowest BCUT2D eigenvalue weighted by Gasteiger charge is -2.31. The number of carboxylic acid groups (broad SMARTS) is 1. The number of hydrogen-bond donors (Lipinski definition) is 4. The Morgan fingerprint density at radius 1 is 1.21 bits per heavy atom. The van der Waals surface area contributed by atoms with Gasteiger partial charge in [0, 0.05) is 31.1 Å². The summed E-state index contributed by atoms with van der Waals surface area (Å²) in [5.41, 5.74) is 4.71. The van der Waals surface area contributed by atoms with Crippen molar-refractivity contribution in [2.75, 3.05) is 31.6 Å². The van der Waals surface area contributed by atoms with Gasteiger partial charge in [-0.2, -0.15) is 13.2 Å². The van der Waals surface area contributed by atoms with Crippen LogP contribution in [0.4, 0.5) is 22.7 Å². The Morgan fingerprint density at radius 2 is 1.81 bits per heavy atom. The summed E-state index contributed by atoms with van der Waals surface area (Å²) in [6.45, 7) is 4.75. The molecule has 1 amide bonds. The number of piperidine rings is 1. The van der Waals surface area contributed by atoms with E-state index in [2.05, 4.69) is 10.3 Å².